The second kappa shape index (κ2) is 3.93. The number of rotatable bonds is 1. The molecular formula is C11H11ClO2. The van der Waals surface area contributed by atoms with Crippen molar-refractivity contribution in [2.45, 2.75) is 6.42 Å². The average molecular weight is 211 g/mol. The molecule has 0 atom stereocenters. The van der Waals surface area contributed by atoms with Crippen LogP contribution in [-0.4, -0.2) is 13.7 Å². The van der Waals surface area contributed by atoms with E-state index in [4.69, 9.17) is 21.1 Å². The molecule has 1 aromatic rings. The van der Waals surface area contributed by atoms with Crippen LogP contribution in [0.5, 0.6) is 11.5 Å². The van der Waals surface area contributed by atoms with Crippen molar-refractivity contribution in [2.75, 3.05) is 13.7 Å². The summed E-state index contributed by atoms with van der Waals surface area (Å²) in [6.07, 6.45) is 5.02. The zero-order valence-corrected chi connectivity index (χ0v) is 8.67. The summed E-state index contributed by atoms with van der Waals surface area (Å²) in [6, 6.07) is 3.69. The van der Waals surface area contributed by atoms with Crippen LogP contribution in [0.25, 0.3) is 6.08 Å². The molecule has 1 aliphatic heterocycles. The molecule has 74 valence electrons. The summed E-state index contributed by atoms with van der Waals surface area (Å²) in [5.41, 5.74) is 1.01. The van der Waals surface area contributed by atoms with Crippen LogP contribution in [0.3, 0.4) is 0 Å². The molecule has 14 heavy (non-hydrogen) atoms. The van der Waals surface area contributed by atoms with Gasteiger partial charge in [0.05, 0.1) is 18.7 Å². The van der Waals surface area contributed by atoms with E-state index in [0.29, 0.717) is 17.4 Å². The van der Waals surface area contributed by atoms with Gasteiger partial charge in [0.2, 0.25) is 0 Å². The zero-order valence-electron chi connectivity index (χ0n) is 7.92. The largest absolute Gasteiger partial charge is 0.495 e. The molecule has 0 saturated heterocycles. The van der Waals surface area contributed by atoms with Gasteiger partial charge in [0.25, 0.3) is 0 Å². The van der Waals surface area contributed by atoms with Crippen LogP contribution in [0.15, 0.2) is 18.2 Å². The Hall–Kier alpha value is -1.15. The fourth-order valence-corrected chi connectivity index (χ4v) is 1.66. The highest BCUT2D eigenvalue weighted by Gasteiger charge is 2.09. The SMILES string of the molecule is COc1cc2c(cc1Cl)C=CCCO2. The molecule has 1 aliphatic rings. The highest BCUT2D eigenvalue weighted by atomic mass is 35.5. The van der Waals surface area contributed by atoms with Crippen molar-refractivity contribution in [1.82, 2.24) is 0 Å². The molecule has 3 heteroatoms. The van der Waals surface area contributed by atoms with E-state index in [9.17, 15) is 0 Å². The van der Waals surface area contributed by atoms with Crippen LogP contribution >= 0.6 is 11.6 Å². The van der Waals surface area contributed by atoms with Gasteiger partial charge in [-0.1, -0.05) is 23.8 Å². The van der Waals surface area contributed by atoms with E-state index in [-0.39, 0.29) is 0 Å². The number of hydrogen-bond donors (Lipinski definition) is 0. The molecule has 0 spiro atoms. The van der Waals surface area contributed by atoms with Crippen molar-refractivity contribution < 1.29 is 9.47 Å². The number of benzene rings is 1. The van der Waals surface area contributed by atoms with Crippen molar-refractivity contribution in [3.8, 4) is 11.5 Å². The van der Waals surface area contributed by atoms with E-state index >= 15 is 0 Å². The quantitative estimate of drug-likeness (QED) is 0.709. The lowest BCUT2D eigenvalue weighted by Gasteiger charge is -2.09. The third-order valence-corrected chi connectivity index (χ3v) is 2.42. The molecule has 0 saturated carbocycles. The number of fused-ring (bicyclic) bond motifs is 1. The van der Waals surface area contributed by atoms with Crippen LogP contribution in [0.4, 0.5) is 0 Å². The molecule has 1 heterocycles. The second-order valence-corrected chi connectivity index (χ2v) is 3.47. The molecule has 0 bridgehead atoms. The van der Waals surface area contributed by atoms with E-state index in [1.807, 2.05) is 18.2 Å². The maximum Gasteiger partial charge on any atom is 0.141 e. The maximum atomic E-state index is 6.00. The lowest BCUT2D eigenvalue weighted by molar-refractivity contribution is 0.323. The fourth-order valence-electron chi connectivity index (χ4n) is 1.41. The average Bonchev–Trinajstić information content (AvgIpc) is 2.41. The number of methoxy groups -OCH3 is 1. The van der Waals surface area contributed by atoms with Crippen LogP contribution in [-0.2, 0) is 0 Å². The molecule has 0 aliphatic carbocycles. The molecule has 0 amide bonds. The Morgan fingerprint density at radius 1 is 1.43 bits per heavy atom. The number of ether oxygens (including phenoxy) is 2. The van der Waals surface area contributed by atoms with Gasteiger partial charge in [-0.15, -0.1) is 0 Å². The maximum absolute atomic E-state index is 6.00. The van der Waals surface area contributed by atoms with Gasteiger partial charge in [-0.3, -0.25) is 0 Å². The van der Waals surface area contributed by atoms with Gasteiger partial charge in [0, 0.05) is 11.6 Å². The Labute approximate surface area is 88.1 Å². The van der Waals surface area contributed by atoms with E-state index in [0.717, 1.165) is 17.7 Å². The summed E-state index contributed by atoms with van der Waals surface area (Å²) in [5.74, 6) is 1.49. The van der Waals surface area contributed by atoms with Gasteiger partial charge < -0.3 is 9.47 Å². The molecule has 0 radical (unpaired) electrons. The molecule has 0 N–H and O–H groups in total. The minimum atomic E-state index is 0.612. The fraction of sp³-hybridized carbons (Fsp3) is 0.273. The lowest BCUT2D eigenvalue weighted by atomic mass is 10.2. The van der Waals surface area contributed by atoms with Gasteiger partial charge in [0.15, 0.2) is 0 Å². The normalized spacial score (nSPS) is 14.1. The molecule has 2 nitrogen and oxygen atoms in total. The van der Waals surface area contributed by atoms with E-state index in [1.54, 1.807) is 7.11 Å². The van der Waals surface area contributed by atoms with Gasteiger partial charge in [-0.25, -0.2) is 0 Å². The predicted octanol–water partition coefficient (Wildman–Crippen LogP) is 3.14. The minimum absolute atomic E-state index is 0.612. The summed E-state index contributed by atoms with van der Waals surface area (Å²) < 4.78 is 10.7. The second-order valence-electron chi connectivity index (χ2n) is 3.06. The first-order valence-corrected chi connectivity index (χ1v) is 4.86. The Balaban J connectivity index is 2.49. The van der Waals surface area contributed by atoms with Crippen molar-refractivity contribution >= 4 is 17.7 Å². The summed E-state index contributed by atoms with van der Waals surface area (Å²) in [4.78, 5) is 0. The summed E-state index contributed by atoms with van der Waals surface area (Å²) in [7, 11) is 1.60. The van der Waals surface area contributed by atoms with Crippen LogP contribution in [0.2, 0.25) is 5.02 Å². The first-order valence-electron chi connectivity index (χ1n) is 4.48. The van der Waals surface area contributed by atoms with E-state index in [2.05, 4.69) is 6.08 Å². The topological polar surface area (TPSA) is 18.5 Å². The molecule has 0 unspecified atom stereocenters. The first kappa shape index (κ1) is 9.41. The third kappa shape index (κ3) is 1.70. The van der Waals surface area contributed by atoms with Crippen LogP contribution < -0.4 is 9.47 Å². The van der Waals surface area contributed by atoms with Gasteiger partial charge >= 0.3 is 0 Å². The van der Waals surface area contributed by atoms with E-state index < -0.39 is 0 Å². The minimum Gasteiger partial charge on any atom is -0.495 e. The molecule has 2 rings (SSSR count). The van der Waals surface area contributed by atoms with Crippen LogP contribution in [0.1, 0.15) is 12.0 Å². The van der Waals surface area contributed by atoms with Crippen molar-refractivity contribution in [2.24, 2.45) is 0 Å². The molecule has 0 aromatic heterocycles. The molecule has 0 fully saturated rings. The Morgan fingerprint density at radius 3 is 3.07 bits per heavy atom. The predicted molar refractivity (Wildman–Crippen MR) is 57.2 cm³/mol. The van der Waals surface area contributed by atoms with Crippen molar-refractivity contribution in [1.29, 1.82) is 0 Å². The number of hydrogen-bond acceptors (Lipinski definition) is 2. The Kier molecular flexibility index (Phi) is 2.64. The monoisotopic (exact) mass is 210 g/mol. The van der Waals surface area contributed by atoms with Crippen LogP contribution in [0, 0.1) is 0 Å². The van der Waals surface area contributed by atoms with Gasteiger partial charge in [-0.05, 0) is 12.5 Å². The van der Waals surface area contributed by atoms with Crippen molar-refractivity contribution in [3.05, 3.63) is 28.8 Å². The standard InChI is InChI=1S/C11H11ClO2/c1-13-11-7-10-8(6-9(11)12)4-2-3-5-14-10/h2,4,6-7H,3,5H2,1H3. The van der Waals surface area contributed by atoms with Gasteiger partial charge in [0.1, 0.15) is 11.5 Å². The molecule has 1 aromatic carbocycles. The lowest BCUT2D eigenvalue weighted by Crippen LogP contribution is -1.96. The summed E-state index contributed by atoms with van der Waals surface area (Å²) in [6.45, 7) is 0.703. The highest BCUT2D eigenvalue weighted by molar-refractivity contribution is 6.32. The van der Waals surface area contributed by atoms with Gasteiger partial charge in [-0.2, -0.15) is 0 Å². The van der Waals surface area contributed by atoms with Crippen molar-refractivity contribution in [3.63, 3.8) is 0 Å². The summed E-state index contributed by atoms with van der Waals surface area (Å²) >= 11 is 6.00. The smallest absolute Gasteiger partial charge is 0.141 e. The Bertz CT molecular complexity index is 372. The highest BCUT2D eigenvalue weighted by Crippen LogP contribution is 2.34. The first-order chi connectivity index (χ1) is 6.81. The van der Waals surface area contributed by atoms with E-state index in [1.165, 1.54) is 0 Å². The molecular weight excluding hydrogens is 200 g/mol. The zero-order chi connectivity index (χ0) is 9.97. The third-order valence-electron chi connectivity index (χ3n) is 2.12. The Morgan fingerprint density at radius 2 is 2.29 bits per heavy atom. The number of halogens is 1. The summed E-state index contributed by atoms with van der Waals surface area (Å²) in [5, 5.41) is 0.612.